The zero-order valence-corrected chi connectivity index (χ0v) is 9.93. The molecule has 0 spiro atoms. The van der Waals surface area contributed by atoms with E-state index in [2.05, 4.69) is 0 Å². The molecule has 1 fully saturated rings. The highest BCUT2D eigenvalue weighted by atomic mass is 16.3. The first-order chi connectivity index (χ1) is 8.29. The maximum atomic E-state index is 11.1. The molecule has 0 heterocycles. The van der Waals surface area contributed by atoms with Crippen molar-refractivity contribution in [2.24, 2.45) is 11.8 Å². The van der Waals surface area contributed by atoms with Crippen LogP contribution in [0.1, 0.15) is 42.7 Å². The van der Waals surface area contributed by atoms with Crippen molar-refractivity contribution in [2.45, 2.75) is 38.0 Å². The summed E-state index contributed by atoms with van der Waals surface area (Å²) >= 11 is 0. The van der Waals surface area contributed by atoms with Gasteiger partial charge < -0.3 is 9.90 Å². The molecular formula is C15H18O2. The van der Waals surface area contributed by atoms with E-state index in [0.717, 1.165) is 32.0 Å². The zero-order chi connectivity index (χ0) is 11.8. The van der Waals surface area contributed by atoms with Crippen LogP contribution in [0.15, 0.2) is 18.2 Å². The van der Waals surface area contributed by atoms with Crippen LogP contribution < -0.4 is 0 Å². The number of aldehydes is 1. The van der Waals surface area contributed by atoms with E-state index in [1.165, 1.54) is 17.5 Å². The fourth-order valence-electron chi connectivity index (χ4n) is 3.75. The average molecular weight is 230 g/mol. The summed E-state index contributed by atoms with van der Waals surface area (Å²) in [7, 11) is 0. The molecule has 0 radical (unpaired) electrons. The van der Waals surface area contributed by atoms with Gasteiger partial charge in [-0.2, -0.15) is 0 Å². The summed E-state index contributed by atoms with van der Waals surface area (Å²) < 4.78 is 0. The van der Waals surface area contributed by atoms with Crippen molar-refractivity contribution in [2.75, 3.05) is 0 Å². The Balaban J connectivity index is 1.99. The highest BCUT2D eigenvalue weighted by Crippen LogP contribution is 2.47. The minimum Gasteiger partial charge on any atom is -0.508 e. The zero-order valence-electron chi connectivity index (χ0n) is 9.93. The Morgan fingerprint density at radius 1 is 1.24 bits per heavy atom. The molecule has 1 aromatic rings. The monoisotopic (exact) mass is 230 g/mol. The third-order valence-corrected chi connectivity index (χ3v) is 4.57. The third kappa shape index (κ3) is 1.76. The van der Waals surface area contributed by atoms with E-state index in [1.807, 2.05) is 12.1 Å². The normalized spacial score (nSPS) is 31.4. The summed E-state index contributed by atoms with van der Waals surface area (Å²) in [6, 6.07) is 5.74. The minimum absolute atomic E-state index is 0.240. The Hall–Kier alpha value is -1.31. The van der Waals surface area contributed by atoms with Crippen molar-refractivity contribution in [3.05, 3.63) is 29.3 Å². The maximum absolute atomic E-state index is 11.1. The number of carbonyl (C=O) groups is 1. The van der Waals surface area contributed by atoms with E-state index in [1.54, 1.807) is 6.07 Å². The third-order valence-electron chi connectivity index (χ3n) is 4.57. The molecular weight excluding hydrogens is 212 g/mol. The number of hydrogen-bond acceptors (Lipinski definition) is 2. The molecule has 17 heavy (non-hydrogen) atoms. The standard InChI is InChI=1S/C15H18O2/c16-9-11-2-1-3-14-13(11)7-5-10-4-6-12(17)8-15(10)14/h4,6,8-9,11,13-14,17H,1-3,5,7H2. The number of aryl methyl sites for hydroxylation is 1. The molecule has 2 aliphatic carbocycles. The summed E-state index contributed by atoms with van der Waals surface area (Å²) in [4.78, 5) is 11.1. The molecule has 1 aromatic carbocycles. The Labute approximate surface area is 102 Å². The minimum atomic E-state index is 0.240. The first-order valence-electron chi connectivity index (χ1n) is 6.56. The van der Waals surface area contributed by atoms with Gasteiger partial charge >= 0.3 is 0 Å². The summed E-state index contributed by atoms with van der Waals surface area (Å²) in [6.07, 6.45) is 6.71. The van der Waals surface area contributed by atoms with Crippen LogP contribution in [-0.4, -0.2) is 11.4 Å². The largest absolute Gasteiger partial charge is 0.508 e. The first-order valence-corrected chi connectivity index (χ1v) is 6.56. The van der Waals surface area contributed by atoms with Crippen molar-refractivity contribution in [1.29, 1.82) is 0 Å². The Bertz CT molecular complexity index is 439. The number of carbonyl (C=O) groups excluding carboxylic acids is 1. The van der Waals surface area contributed by atoms with Crippen molar-refractivity contribution < 1.29 is 9.90 Å². The van der Waals surface area contributed by atoms with Gasteiger partial charge in [0, 0.05) is 5.92 Å². The van der Waals surface area contributed by atoms with Crippen molar-refractivity contribution in [3.63, 3.8) is 0 Å². The highest BCUT2D eigenvalue weighted by Gasteiger charge is 2.37. The number of hydrogen-bond donors (Lipinski definition) is 1. The number of benzene rings is 1. The Kier molecular flexibility index (Phi) is 2.65. The number of phenolic OH excluding ortho intramolecular Hbond substituents is 1. The second kappa shape index (κ2) is 4.17. The van der Waals surface area contributed by atoms with Gasteiger partial charge in [0.15, 0.2) is 0 Å². The van der Waals surface area contributed by atoms with Gasteiger partial charge in [0.05, 0.1) is 0 Å². The molecule has 1 N–H and O–H groups in total. The summed E-state index contributed by atoms with van der Waals surface area (Å²) in [6.45, 7) is 0. The SMILES string of the molecule is O=CC1CCCC2c3cc(O)ccc3CCC12. The highest BCUT2D eigenvalue weighted by molar-refractivity contribution is 5.55. The number of phenols is 1. The van der Waals surface area contributed by atoms with Crippen LogP contribution in [0.5, 0.6) is 5.75 Å². The Morgan fingerprint density at radius 3 is 2.94 bits per heavy atom. The predicted molar refractivity (Wildman–Crippen MR) is 66.1 cm³/mol. The van der Waals surface area contributed by atoms with E-state index in [-0.39, 0.29) is 5.92 Å². The molecule has 3 unspecified atom stereocenters. The molecule has 3 rings (SSSR count). The van der Waals surface area contributed by atoms with E-state index >= 15 is 0 Å². The van der Waals surface area contributed by atoms with Gasteiger partial charge in [-0.25, -0.2) is 0 Å². The van der Waals surface area contributed by atoms with Gasteiger partial charge in [-0.1, -0.05) is 12.5 Å². The second-order valence-corrected chi connectivity index (χ2v) is 5.42. The van der Waals surface area contributed by atoms with Crippen LogP contribution in [0.4, 0.5) is 0 Å². The molecule has 3 atom stereocenters. The van der Waals surface area contributed by atoms with Crippen LogP contribution in [0.2, 0.25) is 0 Å². The van der Waals surface area contributed by atoms with E-state index in [9.17, 15) is 9.90 Å². The molecule has 0 aromatic heterocycles. The number of aromatic hydroxyl groups is 1. The van der Waals surface area contributed by atoms with Crippen LogP contribution in [0.25, 0.3) is 0 Å². The topological polar surface area (TPSA) is 37.3 Å². The van der Waals surface area contributed by atoms with Gasteiger partial charge in [0.25, 0.3) is 0 Å². The summed E-state index contributed by atoms with van der Waals surface area (Å²) in [5.41, 5.74) is 2.67. The maximum Gasteiger partial charge on any atom is 0.123 e. The second-order valence-electron chi connectivity index (χ2n) is 5.42. The molecule has 0 amide bonds. The fourth-order valence-corrected chi connectivity index (χ4v) is 3.75. The number of rotatable bonds is 1. The van der Waals surface area contributed by atoms with Gasteiger partial charge in [-0.15, -0.1) is 0 Å². The molecule has 2 nitrogen and oxygen atoms in total. The molecule has 1 saturated carbocycles. The summed E-state index contributed by atoms with van der Waals surface area (Å²) in [5.74, 6) is 1.60. The van der Waals surface area contributed by atoms with Gasteiger partial charge in [0.2, 0.25) is 0 Å². The van der Waals surface area contributed by atoms with Crippen molar-refractivity contribution in [3.8, 4) is 5.75 Å². The molecule has 0 aliphatic heterocycles. The van der Waals surface area contributed by atoms with Gasteiger partial charge in [0.1, 0.15) is 12.0 Å². The molecule has 2 heteroatoms. The van der Waals surface area contributed by atoms with Gasteiger partial charge in [-0.3, -0.25) is 0 Å². The predicted octanol–water partition coefficient (Wildman–Crippen LogP) is 3.04. The van der Waals surface area contributed by atoms with E-state index in [0.29, 0.717) is 17.6 Å². The summed E-state index contributed by atoms with van der Waals surface area (Å²) in [5, 5.41) is 9.63. The van der Waals surface area contributed by atoms with Gasteiger partial charge in [-0.05, 0) is 60.8 Å². The molecule has 90 valence electrons. The number of fused-ring (bicyclic) bond motifs is 3. The first kappa shape index (κ1) is 10.8. The molecule has 0 saturated heterocycles. The average Bonchev–Trinajstić information content (AvgIpc) is 2.37. The fraction of sp³-hybridized carbons (Fsp3) is 0.533. The molecule has 0 bridgehead atoms. The quantitative estimate of drug-likeness (QED) is 0.753. The van der Waals surface area contributed by atoms with Crippen LogP contribution >= 0.6 is 0 Å². The lowest BCUT2D eigenvalue weighted by Gasteiger charge is -2.40. The van der Waals surface area contributed by atoms with E-state index < -0.39 is 0 Å². The van der Waals surface area contributed by atoms with Crippen LogP contribution in [0.3, 0.4) is 0 Å². The Morgan fingerprint density at radius 2 is 2.12 bits per heavy atom. The lowest BCUT2D eigenvalue weighted by Crippen LogP contribution is -2.31. The van der Waals surface area contributed by atoms with Crippen LogP contribution in [-0.2, 0) is 11.2 Å². The lowest BCUT2D eigenvalue weighted by atomic mass is 9.64. The smallest absolute Gasteiger partial charge is 0.123 e. The van der Waals surface area contributed by atoms with Crippen molar-refractivity contribution in [1.82, 2.24) is 0 Å². The van der Waals surface area contributed by atoms with Crippen molar-refractivity contribution >= 4 is 6.29 Å². The lowest BCUT2D eigenvalue weighted by molar-refractivity contribution is -0.114. The van der Waals surface area contributed by atoms with Crippen LogP contribution in [0, 0.1) is 11.8 Å². The molecule has 2 aliphatic rings. The van der Waals surface area contributed by atoms with E-state index in [4.69, 9.17) is 0 Å².